The molecule has 1 aliphatic rings. The van der Waals surface area contributed by atoms with Crippen molar-refractivity contribution in [3.05, 3.63) is 24.3 Å². The number of carbonyl (C=O) groups is 1. The molecule has 6 heteroatoms. The lowest BCUT2D eigenvalue weighted by atomic mass is 9.86. The number of guanidine groups is 1. The van der Waals surface area contributed by atoms with Crippen LogP contribution in [0.3, 0.4) is 0 Å². The Morgan fingerprint density at radius 3 is 2.44 bits per heavy atom. The molecule has 0 bridgehead atoms. The normalized spacial score (nSPS) is 21.5. The standard InChI is InChI=1S/C19H29N3O3/c1-19(2,3)25-17(23)13-9-11-14(12-10-13)21-18(20)22-15-7-5-6-8-16(15)24-4/h5-8,13-14H,9-12H2,1-4H3,(H3,20,21,22). The highest BCUT2D eigenvalue weighted by atomic mass is 16.6. The van der Waals surface area contributed by atoms with Crippen molar-refractivity contribution in [3.8, 4) is 5.75 Å². The van der Waals surface area contributed by atoms with Gasteiger partial charge in [0.2, 0.25) is 0 Å². The number of rotatable bonds is 4. The summed E-state index contributed by atoms with van der Waals surface area (Å²) in [4.78, 5) is 16.7. The van der Waals surface area contributed by atoms with Crippen LogP contribution < -0.4 is 15.8 Å². The molecule has 1 aromatic carbocycles. The fraction of sp³-hybridized carbons (Fsp3) is 0.579. The van der Waals surface area contributed by atoms with Gasteiger partial charge in [-0.15, -0.1) is 0 Å². The monoisotopic (exact) mass is 347 g/mol. The number of hydrogen-bond acceptors (Lipinski definition) is 4. The third-order valence-electron chi connectivity index (χ3n) is 4.13. The Balaban J connectivity index is 1.88. The van der Waals surface area contributed by atoms with Gasteiger partial charge in [0.25, 0.3) is 0 Å². The summed E-state index contributed by atoms with van der Waals surface area (Å²) in [6, 6.07) is 7.68. The number of hydrogen-bond donors (Lipinski definition) is 2. The molecular formula is C19H29N3O3. The van der Waals surface area contributed by atoms with Crippen molar-refractivity contribution in [2.24, 2.45) is 16.6 Å². The van der Waals surface area contributed by atoms with Crippen molar-refractivity contribution in [1.29, 1.82) is 0 Å². The van der Waals surface area contributed by atoms with E-state index in [1.807, 2.05) is 45.0 Å². The first kappa shape index (κ1) is 19.1. The number of esters is 1. The van der Waals surface area contributed by atoms with Gasteiger partial charge < -0.3 is 20.5 Å². The van der Waals surface area contributed by atoms with Gasteiger partial charge in [-0.05, 0) is 58.6 Å². The molecule has 0 amide bonds. The Morgan fingerprint density at radius 2 is 1.84 bits per heavy atom. The Labute approximate surface area is 149 Å². The van der Waals surface area contributed by atoms with Crippen LogP contribution in [0.2, 0.25) is 0 Å². The van der Waals surface area contributed by atoms with Crippen molar-refractivity contribution in [3.63, 3.8) is 0 Å². The van der Waals surface area contributed by atoms with Gasteiger partial charge in [-0.2, -0.15) is 0 Å². The second-order valence-electron chi connectivity index (χ2n) is 7.38. The second-order valence-corrected chi connectivity index (χ2v) is 7.38. The molecule has 3 N–H and O–H groups in total. The molecule has 0 atom stereocenters. The molecule has 0 saturated heterocycles. The minimum atomic E-state index is -0.435. The largest absolute Gasteiger partial charge is 0.495 e. The molecule has 0 heterocycles. The number of aliphatic imine (C=N–C) groups is 1. The summed E-state index contributed by atoms with van der Waals surface area (Å²) in [5, 5.41) is 3.08. The first-order valence-corrected chi connectivity index (χ1v) is 8.74. The molecule has 25 heavy (non-hydrogen) atoms. The van der Waals surface area contributed by atoms with E-state index in [4.69, 9.17) is 15.2 Å². The lowest BCUT2D eigenvalue weighted by molar-refractivity contribution is -0.161. The van der Waals surface area contributed by atoms with Gasteiger partial charge >= 0.3 is 5.97 Å². The molecule has 6 nitrogen and oxygen atoms in total. The van der Waals surface area contributed by atoms with Crippen molar-refractivity contribution >= 4 is 17.6 Å². The van der Waals surface area contributed by atoms with Crippen LogP contribution in [0.1, 0.15) is 46.5 Å². The van der Waals surface area contributed by atoms with Crippen molar-refractivity contribution in [1.82, 2.24) is 0 Å². The molecule has 138 valence electrons. The summed E-state index contributed by atoms with van der Waals surface area (Å²) < 4.78 is 10.8. The Morgan fingerprint density at radius 1 is 1.20 bits per heavy atom. The molecule has 0 aromatic heterocycles. The number of carbonyl (C=O) groups excluding carboxylic acids is 1. The molecule has 0 spiro atoms. The van der Waals surface area contributed by atoms with E-state index in [-0.39, 0.29) is 17.9 Å². The van der Waals surface area contributed by atoms with E-state index in [2.05, 4.69) is 10.3 Å². The number of nitrogens with two attached hydrogens (primary N) is 1. The second kappa shape index (κ2) is 8.23. The van der Waals surface area contributed by atoms with E-state index >= 15 is 0 Å². The first-order valence-electron chi connectivity index (χ1n) is 8.74. The maximum Gasteiger partial charge on any atom is 0.309 e. The highest BCUT2D eigenvalue weighted by Crippen LogP contribution is 2.29. The molecule has 2 rings (SSSR count). The van der Waals surface area contributed by atoms with Crippen LogP contribution in [0, 0.1) is 5.92 Å². The Bertz CT molecular complexity index is 615. The van der Waals surface area contributed by atoms with Crippen LogP contribution in [0.15, 0.2) is 29.3 Å². The topological polar surface area (TPSA) is 85.9 Å². The van der Waals surface area contributed by atoms with Crippen LogP contribution in [0.25, 0.3) is 0 Å². The van der Waals surface area contributed by atoms with Gasteiger partial charge in [0.15, 0.2) is 5.96 Å². The number of anilines is 1. The van der Waals surface area contributed by atoms with E-state index in [9.17, 15) is 4.79 Å². The number of benzene rings is 1. The highest BCUT2D eigenvalue weighted by Gasteiger charge is 2.29. The van der Waals surface area contributed by atoms with Gasteiger partial charge in [0.05, 0.1) is 24.8 Å². The molecule has 1 aliphatic carbocycles. The summed E-state index contributed by atoms with van der Waals surface area (Å²) in [5.41, 5.74) is 6.38. The van der Waals surface area contributed by atoms with E-state index in [0.29, 0.717) is 11.7 Å². The van der Waals surface area contributed by atoms with Gasteiger partial charge in [-0.3, -0.25) is 4.79 Å². The van der Waals surface area contributed by atoms with Crippen molar-refractivity contribution in [2.75, 3.05) is 12.4 Å². The zero-order chi connectivity index (χ0) is 18.4. The molecular weight excluding hydrogens is 318 g/mol. The molecule has 0 radical (unpaired) electrons. The minimum Gasteiger partial charge on any atom is -0.495 e. The van der Waals surface area contributed by atoms with E-state index in [1.165, 1.54) is 0 Å². The number of ether oxygens (including phenoxy) is 2. The van der Waals surface area contributed by atoms with Gasteiger partial charge in [0, 0.05) is 0 Å². The lowest BCUT2D eigenvalue weighted by Crippen LogP contribution is -2.32. The fourth-order valence-electron chi connectivity index (χ4n) is 2.94. The third-order valence-corrected chi connectivity index (χ3v) is 4.13. The zero-order valence-corrected chi connectivity index (χ0v) is 15.5. The van der Waals surface area contributed by atoms with Gasteiger partial charge in [-0.1, -0.05) is 12.1 Å². The molecule has 0 unspecified atom stereocenters. The van der Waals surface area contributed by atoms with Crippen molar-refractivity contribution in [2.45, 2.75) is 58.1 Å². The Hall–Kier alpha value is -2.24. The van der Waals surface area contributed by atoms with Crippen LogP contribution in [0.4, 0.5) is 5.69 Å². The van der Waals surface area contributed by atoms with Crippen molar-refractivity contribution < 1.29 is 14.3 Å². The van der Waals surface area contributed by atoms with Crippen LogP contribution in [-0.2, 0) is 9.53 Å². The van der Waals surface area contributed by atoms with E-state index in [1.54, 1.807) is 7.11 Å². The van der Waals surface area contributed by atoms with Gasteiger partial charge in [0.1, 0.15) is 11.4 Å². The summed E-state index contributed by atoms with van der Waals surface area (Å²) in [6.45, 7) is 5.68. The maximum atomic E-state index is 12.1. The quantitative estimate of drug-likeness (QED) is 0.496. The van der Waals surface area contributed by atoms with E-state index in [0.717, 1.165) is 31.4 Å². The molecule has 1 fully saturated rings. The summed E-state index contributed by atoms with van der Waals surface area (Å²) in [5.74, 6) is 0.948. The average molecular weight is 347 g/mol. The molecule has 1 saturated carbocycles. The highest BCUT2D eigenvalue weighted by molar-refractivity contribution is 5.93. The summed E-state index contributed by atoms with van der Waals surface area (Å²) in [6.07, 6.45) is 3.23. The van der Waals surface area contributed by atoms with Gasteiger partial charge in [-0.25, -0.2) is 4.99 Å². The zero-order valence-electron chi connectivity index (χ0n) is 15.5. The molecule has 0 aliphatic heterocycles. The maximum absolute atomic E-state index is 12.1. The van der Waals surface area contributed by atoms with E-state index < -0.39 is 5.60 Å². The predicted octanol–water partition coefficient (Wildman–Crippen LogP) is 3.32. The smallest absolute Gasteiger partial charge is 0.309 e. The molecule has 1 aromatic rings. The fourth-order valence-corrected chi connectivity index (χ4v) is 2.94. The number of nitrogens with zero attached hydrogens (tertiary/aromatic N) is 1. The SMILES string of the molecule is COc1ccccc1NC(N)=NC1CCC(C(=O)OC(C)(C)C)CC1. The number of para-hydroxylation sites is 2. The number of nitrogens with one attached hydrogen (secondary N) is 1. The first-order chi connectivity index (χ1) is 11.8. The Kier molecular flexibility index (Phi) is 6.28. The summed E-state index contributed by atoms with van der Waals surface area (Å²) >= 11 is 0. The average Bonchev–Trinajstić information content (AvgIpc) is 2.54. The lowest BCUT2D eigenvalue weighted by Gasteiger charge is -2.28. The van der Waals surface area contributed by atoms with Crippen LogP contribution in [-0.4, -0.2) is 30.7 Å². The third kappa shape index (κ3) is 5.96. The van der Waals surface area contributed by atoms with Crippen LogP contribution in [0.5, 0.6) is 5.75 Å². The minimum absolute atomic E-state index is 0.0333. The van der Waals surface area contributed by atoms with Crippen LogP contribution >= 0.6 is 0 Å². The summed E-state index contributed by atoms with van der Waals surface area (Å²) in [7, 11) is 1.62. The number of methoxy groups -OCH3 is 1. The predicted molar refractivity (Wildman–Crippen MR) is 99.8 cm³/mol.